The summed E-state index contributed by atoms with van der Waals surface area (Å²) in [5.74, 6) is -0.0933. The van der Waals surface area contributed by atoms with Crippen molar-refractivity contribution >= 4 is 28.9 Å². The number of carbonyl (C=O) groups is 1. The molecule has 1 aromatic carbocycles. The van der Waals surface area contributed by atoms with E-state index in [1.807, 2.05) is 12.1 Å². The van der Waals surface area contributed by atoms with E-state index in [0.29, 0.717) is 24.8 Å². The van der Waals surface area contributed by atoms with Crippen molar-refractivity contribution in [1.29, 1.82) is 0 Å². The minimum Gasteiger partial charge on any atom is -0.378 e. The highest BCUT2D eigenvalue weighted by Gasteiger charge is 2.25. The van der Waals surface area contributed by atoms with Crippen LogP contribution in [0.25, 0.3) is 0 Å². The van der Waals surface area contributed by atoms with E-state index in [9.17, 15) is 4.79 Å². The van der Waals surface area contributed by atoms with Crippen LogP contribution in [-0.4, -0.2) is 44.9 Å². The summed E-state index contributed by atoms with van der Waals surface area (Å²) in [5, 5.41) is 3.57. The molecule has 2 aliphatic rings. The van der Waals surface area contributed by atoms with Crippen molar-refractivity contribution in [3.8, 4) is 0 Å². The Bertz CT molecular complexity index is 512. The average Bonchev–Trinajstić information content (AvgIpc) is 3.03. The topological polar surface area (TPSA) is 50.8 Å². The number of benzene rings is 1. The molecule has 0 radical (unpaired) electrons. The Labute approximate surface area is 129 Å². The SMILES string of the molecule is O=C(Nc1cc(Cl)ccc1N1CCOCC1)C1CCCO1. The van der Waals surface area contributed by atoms with Crippen LogP contribution in [0.4, 0.5) is 11.4 Å². The van der Waals surface area contributed by atoms with Crippen LogP contribution in [0.3, 0.4) is 0 Å². The Kier molecular flexibility index (Phi) is 4.63. The van der Waals surface area contributed by atoms with Crippen molar-refractivity contribution in [2.75, 3.05) is 43.1 Å². The number of halogens is 1. The molecule has 5 nitrogen and oxygen atoms in total. The summed E-state index contributed by atoms with van der Waals surface area (Å²) in [6.45, 7) is 3.67. The zero-order chi connectivity index (χ0) is 14.7. The van der Waals surface area contributed by atoms with Crippen LogP contribution >= 0.6 is 11.6 Å². The molecule has 2 aliphatic heterocycles. The molecule has 0 bridgehead atoms. The summed E-state index contributed by atoms with van der Waals surface area (Å²) in [7, 11) is 0. The highest BCUT2D eigenvalue weighted by atomic mass is 35.5. The zero-order valence-electron chi connectivity index (χ0n) is 11.8. The molecule has 1 amide bonds. The molecule has 2 heterocycles. The van der Waals surface area contributed by atoms with Crippen LogP contribution in [-0.2, 0) is 14.3 Å². The summed E-state index contributed by atoms with van der Waals surface area (Å²) in [5.41, 5.74) is 1.72. The normalized spacial score (nSPS) is 22.3. The van der Waals surface area contributed by atoms with Gasteiger partial charge in [0, 0.05) is 24.7 Å². The number of nitrogens with zero attached hydrogens (tertiary/aromatic N) is 1. The summed E-state index contributed by atoms with van der Waals surface area (Å²) in [4.78, 5) is 14.4. The molecule has 3 rings (SSSR count). The first kappa shape index (κ1) is 14.6. The quantitative estimate of drug-likeness (QED) is 0.930. The standard InChI is InChI=1S/C15H19ClN2O3/c16-11-3-4-13(18-5-8-20-9-6-18)12(10-11)17-15(19)14-2-1-7-21-14/h3-4,10,14H,1-2,5-9H2,(H,17,19). The van der Waals surface area contributed by atoms with Gasteiger partial charge in [-0.2, -0.15) is 0 Å². The number of ether oxygens (including phenoxy) is 2. The van der Waals surface area contributed by atoms with Gasteiger partial charge < -0.3 is 19.7 Å². The summed E-state index contributed by atoms with van der Waals surface area (Å²) in [6.07, 6.45) is 1.37. The highest BCUT2D eigenvalue weighted by Crippen LogP contribution is 2.30. The van der Waals surface area contributed by atoms with Gasteiger partial charge in [0.15, 0.2) is 0 Å². The fourth-order valence-electron chi connectivity index (χ4n) is 2.69. The number of anilines is 2. The minimum atomic E-state index is -0.346. The van der Waals surface area contributed by atoms with Crippen LogP contribution in [0, 0.1) is 0 Å². The Hall–Kier alpha value is -1.30. The second kappa shape index (κ2) is 6.64. The van der Waals surface area contributed by atoms with Crippen molar-refractivity contribution in [2.45, 2.75) is 18.9 Å². The van der Waals surface area contributed by atoms with E-state index in [4.69, 9.17) is 21.1 Å². The van der Waals surface area contributed by atoms with Crippen molar-refractivity contribution in [2.24, 2.45) is 0 Å². The lowest BCUT2D eigenvalue weighted by atomic mass is 10.2. The fraction of sp³-hybridized carbons (Fsp3) is 0.533. The van der Waals surface area contributed by atoms with Crippen LogP contribution in [0.1, 0.15) is 12.8 Å². The smallest absolute Gasteiger partial charge is 0.253 e. The molecule has 114 valence electrons. The van der Waals surface area contributed by atoms with Crippen LogP contribution < -0.4 is 10.2 Å². The van der Waals surface area contributed by atoms with Gasteiger partial charge >= 0.3 is 0 Å². The largest absolute Gasteiger partial charge is 0.378 e. The Morgan fingerprint density at radius 1 is 1.29 bits per heavy atom. The molecule has 2 saturated heterocycles. The second-order valence-electron chi connectivity index (χ2n) is 5.25. The number of nitrogens with one attached hydrogen (secondary N) is 1. The van der Waals surface area contributed by atoms with E-state index < -0.39 is 0 Å². The van der Waals surface area contributed by atoms with E-state index >= 15 is 0 Å². The third-order valence-corrected chi connectivity index (χ3v) is 4.03. The number of carbonyl (C=O) groups excluding carboxylic acids is 1. The van der Waals surface area contributed by atoms with Crippen LogP contribution in [0.5, 0.6) is 0 Å². The predicted octanol–water partition coefficient (Wildman–Crippen LogP) is 2.29. The fourth-order valence-corrected chi connectivity index (χ4v) is 2.86. The van der Waals surface area contributed by atoms with Gasteiger partial charge in [0.05, 0.1) is 24.6 Å². The van der Waals surface area contributed by atoms with Crippen molar-refractivity contribution < 1.29 is 14.3 Å². The third kappa shape index (κ3) is 3.48. The van der Waals surface area contributed by atoms with Gasteiger partial charge in [-0.15, -0.1) is 0 Å². The average molecular weight is 311 g/mol. The van der Waals surface area contributed by atoms with Gasteiger partial charge in [-0.3, -0.25) is 4.79 Å². The number of hydrogen-bond donors (Lipinski definition) is 1. The molecule has 0 aliphatic carbocycles. The molecule has 2 fully saturated rings. The lowest BCUT2D eigenvalue weighted by Crippen LogP contribution is -2.37. The van der Waals surface area contributed by atoms with E-state index in [2.05, 4.69) is 10.2 Å². The summed E-state index contributed by atoms with van der Waals surface area (Å²) >= 11 is 6.07. The summed E-state index contributed by atoms with van der Waals surface area (Å²) < 4.78 is 10.8. The monoisotopic (exact) mass is 310 g/mol. The van der Waals surface area contributed by atoms with Crippen molar-refractivity contribution in [1.82, 2.24) is 0 Å². The first-order valence-corrected chi connectivity index (χ1v) is 7.66. The first-order valence-electron chi connectivity index (χ1n) is 7.29. The van der Waals surface area contributed by atoms with E-state index in [1.165, 1.54) is 0 Å². The highest BCUT2D eigenvalue weighted by molar-refractivity contribution is 6.31. The van der Waals surface area contributed by atoms with Gasteiger partial charge in [-0.25, -0.2) is 0 Å². The maximum atomic E-state index is 12.2. The molecule has 1 unspecified atom stereocenters. The molecule has 21 heavy (non-hydrogen) atoms. The molecular formula is C15H19ClN2O3. The van der Waals surface area contributed by atoms with E-state index in [0.717, 1.165) is 37.3 Å². The van der Waals surface area contributed by atoms with Gasteiger partial charge in [-0.1, -0.05) is 11.6 Å². The molecule has 0 saturated carbocycles. The Morgan fingerprint density at radius 3 is 2.81 bits per heavy atom. The summed E-state index contributed by atoms with van der Waals surface area (Å²) in [6, 6.07) is 5.58. The molecular weight excluding hydrogens is 292 g/mol. The van der Waals surface area contributed by atoms with Crippen molar-refractivity contribution in [3.05, 3.63) is 23.2 Å². The third-order valence-electron chi connectivity index (χ3n) is 3.79. The number of rotatable bonds is 3. The molecule has 0 aromatic heterocycles. The lowest BCUT2D eigenvalue weighted by molar-refractivity contribution is -0.124. The minimum absolute atomic E-state index is 0.0933. The maximum absolute atomic E-state index is 12.2. The lowest BCUT2D eigenvalue weighted by Gasteiger charge is -2.30. The second-order valence-corrected chi connectivity index (χ2v) is 5.69. The van der Waals surface area contributed by atoms with E-state index in [1.54, 1.807) is 6.07 Å². The van der Waals surface area contributed by atoms with Gasteiger partial charge in [0.25, 0.3) is 5.91 Å². The van der Waals surface area contributed by atoms with E-state index in [-0.39, 0.29) is 12.0 Å². The van der Waals surface area contributed by atoms with Gasteiger partial charge in [-0.05, 0) is 31.0 Å². The maximum Gasteiger partial charge on any atom is 0.253 e. The number of amides is 1. The molecule has 1 aromatic rings. The molecule has 1 N–H and O–H groups in total. The Balaban J connectivity index is 1.78. The number of morpholine rings is 1. The first-order chi connectivity index (χ1) is 10.2. The van der Waals surface area contributed by atoms with Gasteiger partial charge in [0.2, 0.25) is 0 Å². The van der Waals surface area contributed by atoms with Gasteiger partial charge in [0.1, 0.15) is 6.10 Å². The Morgan fingerprint density at radius 2 is 2.10 bits per heavy atom. The van der Waals surface area contributed by atoms with Crippen molar-refractivity contribution in [3.63, 3.8) is 0 Å². The molecule has 6 heteroatoms. The van der Waals surface area contributed by atoms with Crippen LogP contribution in [0.2, 0.25) is 5.02 Å². The predicted molar refractivity (Wildman–Crippen MR) is 82.1 cm³/mol. The zero-order valence-corrected chi connectivity index (χ0v) is 12.6. The van der Waals surface area contributed by atoms with Crippen LogP contribution in [0.15, 0.2) is 18.2 Å². The molecule has 1 atom stereocenters. The molecule has 0 spiro atoms. The number of hydrogen-bond acceptors (Lipinski definition) is 4.